The third-order valence-corrected chi connectivity index (χ3v) is 3.25. The molecule has 0 aliphatic rings. The summed E-state index contributed by atoms with van der Waals surface area (Å²) in [5.41, 5.74) is 0.714. The average molecular weight is 360 g/mol. The van der Waals surface area contributed by atoms with E-state index in [1.807, 2.05) is 0 Å². The Kier molecular flexibility index (Phi) is 4.62. The fourth-order valence-corrected chi connectivity index (χ4v) is 2.35. The molecule has 0 aliphatic carbocycles. The van der Waals surface area contributed by atoms with Gasteiger partial charge in [0, 0.05) is 4.47 Å². The number of carboxylic acid groups (broad SMARTS) is 1. The second kappa shape index (κ2) is 6.24. The van der Waals surface area contributed by atoms with Gasteiger partial charge in [0.25, 0.3) is 0 Å². The summed E-state index contributed by atoms with van der Waals surface area (Å²) in [4.78, 5) is 10.8. The van der Waals surface area contributed by atoms with Crippen molar-refractivity contribution in [1.29, 1.82) is 0 Å². The molecular formula is C14H9BrClFO3. The van der Waals surface area contributed by atoms with Gasteiger partial charge < -0.3 is 9.84 Å². The molecule has 0 aliphatic heterocycles. The highest BCUT2D eigenvalue weighted by atomic mass is 79.9. The number of ether oxygens (including phenoxy) is 1. The van der Waals surface area contributed by atoms with Crippen LogP contribution in [0.4, 0.5) is 4.39 Å². The molecule has 0 unspecified atom stereocenters. The normalized spacial score (nSPS) is 10.3. The van der Waals surface area contributed by atoms with Crippen LogP contribution in [0.3, 0.4) is 0 Å². The van der Waals surface area contributed by atoms with Gasteiger partial charge in [0.2, 0.25) is 0 Å². The molecule has 2 aromatic carbocycles. The summed E-state index contributed by atoms with van der Waals surface area (Å²) in [6.07, 6.45) is 0. The first kappa shape index (κ1) is 14.8. The van der Waals surface area contributed by atoms with Gasteiger partial charge in [-0.15, -0.1) is 0 Å². The predicted octanol–water partition coefficient (Wildman–Crippen LogP) is 4.52. The third kappa shape index (κ3) is 3.71. The van der Waals surface area contributed by atoms with Crippen LogP contribution in [0.15, 0.2) is 40.9 Å². The largest absolute Gasteiger partial charge is 0.487 e. The molecule has 0 aromatic heterocycles. The van der Waals surface area contributed by atoms with Crippen LogP contribution in [-0.4, -0.2) is 11.1 Å². The molecular weight excluding hydrogens is 351 g/mol. The van der Waals surface area contributed by atoms with Crippen LogP contribution < -0.4 is 4.74 Å². The van der Waals surface area contributed by atoms with Crippen molar-refractivity contribution in [3.63, 3.8) is 0 Å². The van der Waals surface area contributed by atoms with E-state index in [1.165, 1.54) is 30.3 Å². The SMILES string of the molecule is O=C(O)c1ccc(OCc2cc(F)cc(Br)c2)c(Cl)c1. The smallest absolute Gasteiger partial charge is 0.335 e. The lowest BCUT2D eigenvalue weighted by Gasteiger charge is -2.09. The van der Waals surface area contributed by atoms with Gasteiger partial charge in [-0.05, 0) is 42.0 Å². The molecule has 0 bridgehead atoms. The maximum absolute atomic E-state index is 13.2. The van der Waals surface area contributed by atoms with E-state index in [1.54, 1.807) is 6.07 Å². The Morgan fingerprint density at radius 2 is 2.05 bits per heavy atom. The van der Waals surface area contributed by atoms with E-state index in [4.69, 9.17) is 21.4 Å². The number of halogens is 3. The predicted molar refractivity (Wildman–Crippen MR) is 76.8 cm³/mol. The Balaban J connectivity index is 2.12. The van der Waals surface area contributed by atoms with Gasteiger partial charge in [0.15, 0.2) is 0 Å². The van der Waals surface area contributed by atoms with Gasteiger partial charge in [-0.1, -0.05) is 27.5 Å². The molecule has 3 nitrogen and oxygen atoms in total. The van der Waals surface area contributed by atoms with Crippen molar-refractivity contribution in [1.82, 2.24) is 0 Å². The molecule has 2 rings (SSSR count). The van der Waals surface area contributed by atoms with Crippen LogP contribution in [0.1, 0.15) is 15.9 Å². The lowest BCUT2D eigenvalue weighted by molar-refractivity contribution is 0.0697. The van der Waals surface area contributed by atoms with Crippen molar-refractivity contribution in [2.75, 3.05) is 0 Å². The summed E-state index contributed by atoms with van der Waals surface area (Å²) in [6.45, 7) is 0.127. The molecule has 104 valence electrons. The molecule has 20 heavy (non-hydrogen) atoms. The highest BCUT2D eigenvalue weighted by Gasteiger charge is 2.08. The van der Waals surface area contributed by atoms with Gasteiger partial charge in [-0.2, -0.15) is 0 Å². The Morgan fingerprint density at radius 1 is 1.30 bits per heavy atom. The van der Waals surface area contributed by atoms with E-state index in [0.29, 0.717) is 15.8 Å². The van der Waals surface area contributed by atoms with Crippen molar-refractivity contribution in [3.8, 4) is 5.75 Å². The van der Waals surface area contributed by atoms with Gasteiger partial charge in [-0.3, -0.25) is 0 Å². The summed E-state index contributed by atoms with van der Waals surface area (Å²) in [7, 11) is 0. The van der Waals surface area contributed by atoms with E-state index in [-0.39, 0.29) is 23.0 Å². The van der Waals surface area contributed by atoms with E-state index in [0.717, 1.165) is 0 Å². The lowest BCUT2D eigenvalue weighted by Crippen LogP contribution is -1.99. The molecule has 0 saturated carbocycles. The van der Waals surface area contributed by atoms with Crippen LogP contribution in [0.5, 0.6) is 5.75 Å². The van der Waals surface area contributed by atoms with Gasteiger partial charge in [-0.25, -0.2) is 9.18 Å². The van der Waals surface area contributed by atoms with Crippen LogP contribution >= 0.6 is 27.5 Å². The zero-order valence-electron chi connectivity index (χ0n) is 10.1. The molecule has 1 N–H and O–H groups in total. The van der Waals surface area contributed by atoms with Crippen LogP contribution in [0.2, 0.25) is 5.02 Å². The minimum atomic E-state index is -1.06. The standard InChI is InChI=1S/C14H9BrClFO3/c15-10-3-8(4-11(17)6-10)7-20-13-2-1-9(14(18)19)5-12(13)16/h1-6H,7H2,(H,18,19). The molecule has 0 fully saturated rings. The maximum Gasteiger partial charge on any atom is 0.335 e. The molecule has 0 heterocycles. The zero-order valence-corrected chi connectivity index (χ0v) is 12.4. The molecule has 2 aromatic rings. The Hall–Kier alpha value is -1.59. The van der Waals surface area contributed by atoms with E-state index >= 15 is 0 Å². The van der Waals surface area contributed by atoms with E-state index in [9.17, 15) is 9.18 Å². The fourth-order valence-electron chi connectivity index (χ4n) is 1.61. The molecule has 0 radical (unpaired) electrons. The molecule has 0 atom stereocenters. The first-order chi connectivity index (χ1) is 9.45. The molecule has 6 heteroatoms. The zero-order chi connectivity index (χ0) is 14.7. The lowest BCUT2D eigenvalue weighted by atomic mass is 10.2. The van der Waals surface area contributed by atoms with Crippen LogP contribution in [0.25, 0.3) is 0 Å². The summed E-state index contributed by atoms with van der Waals surface area (Å²) >= 11 is 9.12. The molecule has 0 amide bonds. The fraction of sp³-hybridized carbons (Fsp3) is 0.0714. The maximum atomic E-state index is 13.2. The van der Waals surface area contributed by atoms with Crippen LogP contribution in [-0.2, 0) is 6.61 Å². The van der Waals surface area contributed by atoms with Crippen molar-refractivity contribution < 1.29 is 19.0 Å². The van der Waals surface area contributed by atoms with Crippen molar-refractivity contribution in [2.24, 2.45) is 0 Å². The summed E-state index contributed by atoms with van der Waals surface area (Å²) in [5, 5.41) is 9.02. The highest BCUT2D eigenvalue weighted by Crippen LogP contribution is 2.26. The second-order valence-corrected chi connectivity index (χ2v) is 5.34. The minimum Gasteiger partial charge on any atom is -0.487 e. The molecule has 0 saturated heterocycles. The van der Waals surface area contributed by atoms with Gasteiger partial charge in [0.1, 0.15) is 18.2 Å². The number of carboxylic acids is 1. The number of aromatic carboxylic acids is 1. The highest BCUT2D eigenvalue weighted by molar-refractivity contribution is 9.10. The first-order valence-corrected chi connectivity index (χ1v) is 6.73. The van der Waals surface area contributed by atoms with E-state index < -0.39 is 5.97 Å². The van der Waals surface area contributed by atoms with Crippen molar-refractivity contribution in [3.05, 3.63) is 62.8 Å². The average Bonchev–Trinajstić information content (AvgIpc) is 2.36. The summed E-state index contributed by atoms with van der Waals surface area (Å²) in [5.74, 6) is -1.09. The Labute approximate surface area is 128 Å². The Morgan fingerprint density at radius 3 is 2.65 bits per heavy atom. The molecule has 0 spiro atoms. The monoisotopic (exact) mass is 358 g/mol. The van der Waals surface area contributed by atoms with Crippen LogP contribution in [0, 0.1) is 5.82 Å². The summed E-state index contributed by atoms with van der Waals surface area (Å²) in [6, 6.07) is 8.59. The number of rotatable bonds is 4. The van der Waals surface area contributed by atoms with Gasteiger partial charge in [0.05, 0.1) is 10.6 Å². The number of hydrogen-bond donors (Lipinski definition) is 1. The number of benzene rings is 2. The Bertz CT molecular complexity index is 641. The third-order valence-electron chi connectivity index (χ3n) is 2.50. The quantitative estimate of drug-likeness (QED) is 0.873. The summed E-state index contributed by atoms with van der Waals surface area (Å²) < 4.78 is 19.3. The number of hydrogen-bond acceptors (Lipinski definition) is 2. The number of carbonyl (C=O) groups is 1. The second-order valence-electron chi connectivity index (χ2n) is 4.02. The van der Waals surface area contributed by atoms with Gasteiger partial charge >= 0.3 is 5.97 Å². The van der Waals surface area contributed by atoms with Crippen molar-refractivity contribution >= 4 is 33.5 Å². The first-order valence-electron chi connectivity index (χ1n) is 5.56. The van der Waals surface area contributed by atoms with E-state index in [2.05, 4.69) is 15.9 Å². The van der Waals surface area contributed by atoms with Crippen molar-refractivity contribution in [2.45, 2.75) is 6.61 Å². The minimum absolute atomic E-state index is 0.0795. The topological polar surface area (TPSA) is 46.5 Å².